The van der Waals surface area contributed by atoms with Crippen molar-refractivity contribution in [1.82, 2.24) is 0 Å². The predicted molar refractivity (Wildman–Crippen MR) is 290 cm³/mol. The van der Waals surface area contributed by atoms with Crippen molar-refractivity contribution in [2.24, 2.45) is 0 Å². The van der Waals surface area contributed by atoms with Gasteiger partial charge in [-0.2, -0.15) is 0 Å². The van der Waals surface area contributed by atoms with E-state index in [0.717, 1.165) is 36.3 Å². The number of benzene rings is 9. The Balaban J connectivity index is 0.853. The number of anilines is 5. The summed E-state index contributed by atoms with van der Waals surface area (Å²) in [7, 11) is 0. The van der Waals surface area contributed by atoms with Crippen molar-refractivity contribution in [1.29, 1.82) is 0 Å². The molecule has 2 nitrogen and oxygen atoms in total. The van der Waals surface area contributed by atoms with Crippen LogP contribution in [0.5, 0.6) is 0 Å². The maximum Gasteiger partial charge on any atom is 0.0560 e. The highest BCUT2D eigenvalue weighted by Crippen LogP contribution is 2.43. The van der Waals surface area contributed by atoms with Gasteiger partial charge in [0.1, 0.15) is 0 Å². The summed E-state index contributed by atoms with van der Waals surface area (Å²) in [6, 6.07) is 85.9. The molecule has 0 spiro atoms. The Morgan fingerprint density at radius 3 is 1.41 bits per heavy atom. The monoisotopic (exact) mass is 872 g/mol. The molecule has 68 heavy (non-hydrogen) atoms. The van der Waals surface area contributed by atoms with Gasteiger partial charge in [-0.25, -0.2) is 0 Å². The normalized spacial score (nSPS) is 14.2. The van der Waals surface area contributed by atoms with Gasteiger partial charge >= 0.3 is 0 Å². The third-order valence-electron chi connectivity index (χ3n) is 13.3. The molecule has 9 aromatic rings. The van der Waals surface area contributed by atoms with Crippen LogP contribution in [0.3, 0.4) is 0 Å². The molecule has 0 radical (unpaired) electrons. The topological polar surface area (TPSA) is 6.48 Å². The van der Waals surface area contributed by atoms with Crippen LogP contribution in [0.2, 0.25) is 0 Å². The van der Waals surface area contributed by atoms with Crippen LogP contribution in [-0.2, 0) is 0 Å². The van der Waals surface area contributed by atoms with Gasteiger partial charge in [0.15, 0.2) is 0 Å². The molecular formula is C66H52N2. The molecule has 9 aromatic carbocycles. The number of nitrogens with zero attached hydrogens (tertiary/aromatic N) is 2. The lowest BCUT2D eigenvalue weighted by atomic mass is 9.89. The minimum atomic E-state index is 0.160. The summed E-state index contributed by atoms with van der Waals surface area (Å²) in [5.41, 5.74) is 20.6. The van der Waals surface area contributed by atoms with Crippen LogP contribution in [0.15, 0.2) is 273 Å². The van der Waals surface area contributed by atoms with Crippen LogP contribution < -0.4 is 9.80 Å². The first-order valence-corrected chi connectivity index (χ1v) is 23.8. The van der Waals surface area contributed by atoms with Crippen molar-refractivity contribution < 1.29 is 0 Å². The Labute approximate surface area is 401 Å². The Morgan fingerprint density at radius 2 is 0.838 bits per heavy atom. The van der Waals surface area contributed by atoms with Gasteiger partial charge in [-0.05, 0) is 147 Å². The maximum atomic E-state index is 2.50. The van der Waals surface area contributed by atoms with E-state index < -0.39 is 0 Å². The molecule has 1 unspecified atom stereocenters. The minimum Gasteiger partial charge on any atom is -0.334 e. The second-order valence-corrected chi connectivity index (χ2v) is 17.5. The Bertz CT molecular complexity index is 3260. The summed E-state index contributed by atoms with van der Waals surface area (Å²) < 4.78 is 0. The third-order valence-corrected chi connectivity index (χ3v) is 13.3. The first-order valence-electron chi connectivity index (χ1n) is 23.8. The fourth-order valence-electron chi connectivity index (χ4n) is 9.86. The van der Waals surface area contributed by atoms with Gasteiger partial charge in [-0.15, -0.1) is 0 Å². The van der Waals surface area contributed by atoms with Crippen LogP contribution in [-0.4, -0.2) is 6.04 Å². The molecule has 1 atom stereocenters. The smallest absolute Gasteiger partial charge is 0.0560 e. The number of hydrogen-bond donors (Lipinski definition) is 0. The van der Waals surface area contributed by atoms with Crippen molar-refractivity contribution in [3.63, 3.8) is 0 Å². The predicted octanol–water partition coefficient (Wildman–Crippen LogP) is 18.1. The molecule has 0 saturated heterocycles. The van der Waals surface area contributed by atoms with Gasteiger partial charge in [0, 0.05) is 28.4 Å². The SMILES string of the molecule is C1=CCCC(c2ccc(N(c3ccccc3)C3C=CC(c4ccc(-c5ccc(N(c6ccccc6)c6ccc(-c7ccccc7)c(-c7ccccc7)c6)cc5)cc4)=CC3)cc2-c2ccccc2)=C1. The second-order valence-electron chi connectivity index (χ2n) is 17.5. The Hall–Kier alpha value is -8.46. The molecule has 0 aromatic heterocycles. The molecule has 0 saturated carbocycles. The van der Waals surface area contributed by atoms with E-state index >= 15 is 0 Å². The first kappa shape index (κ1) is 42.2. The van der Waals surface area contributed by atoms with Crippen LogP contribution in [0, 0.1) is 0 Å². The molecule has 0 bridgehead atoms. The van der Waals surface area contributed by atoms with Crippen molar-refractivity contribution in [3.05, 3.63) is 284 Å². The van der Waals surface area contributed by atoms with Crippen molar-refractivity contribution in [2.45, 2.75) is 25.3 Å². The number of para-hydroxylation sites is 2. The highest BCUT2D eigenvalue weighted by Gasteiger charge is 2.23. The quantitative estimate of drug-likeness (QED) is 0.121. The molecule has 0 amide bonds. The van der Waals surface area contributed by atoms with Gasteiger partial charge in [0.25, 0.3) is 0 Å². The summed E-state index contributed by atoms with van der Waals surface area (Å²) >= 11 is 0. The zero-order chi connectivity index (χ0) is 45.5. The molecular weight excluding hydrogens is 821 g/mol. The van der Waals surface area contributed by atoms with Crippen molar-refractivity contribution in [2.75, 3.05) is 9.80 Å². The van der Waals surface area contributed by atoms with Crippen LogP contribution in [0.1, 0.15) is 30.4 Å². The summed E-state index contributed by atoms with van der Waals surface area (Å²) in [5, 5.41) is 0. The molecule has 0 aliphatic heterocycles. The van der Waals surface area contributed by atoms with Crippen molar-refractivity contribution in [3.8, 4) is 44.5 Å². The zero-order valence-corrected chi connectivity index (χ0v) is 38.1. The molecule has 2 heteroatoms. The second kappa shape index (κ2) is 19.6. The average molecular weight is 873 g/mol. The Morgan fingerprint density at radius 1 is 0.368 bits per heavy atom. The number of hydrogen-bond acceptors (Lipinski definition) is 2. The largest absolute Gasteiger partial charge is 0.334 e. The first-order chi connectivity index (χ1) is 33.7. The zero-order valence-electron chi connectivity index (χ0n) is 38.1. The van der Waals surface area contributed by atoms with Crippen LogP contribution >= 0.6 is 0 Å². The van der Waals surface area contributed by atoms with E-state index in [1.165, 1.54) is 78.2 Å². The third kappa shape index (κ3) is 8.93. The fraction of sp³-hybridized carbons (Fsp3) is 0.0606. The molecule has 0 fully saturated rings. The van der Waals surface area contributed by atoms with Crippen LogP contribution in [0.25, 0.3) is 55.7 Å². The number of rotatable bonds is 12. The molecule has 0 heterocycles. The fourth-order valence-corrected chi connectivity index (χ4v) is 9.86. The van der Waals surface area contributed by atoms with E-state index in [4.69, 9.17) is 0 Å². The highest BCUT2D eigenvalue weighted by atomic mass is 15.2. The average Bonchev–Trinajstić information content (AvgIpc) is 3.43. The molecule has 2 aliphatic rings. The Kier molecular flexibility index (Phi) is 12.1. The van der Waals surface area contributed by atoms with Gasteiger partial charge in [0.05, 0.1) is 6.04 Å². The lowest BCUT2D eigenvalue weighted by Crippen LogP contribution is -2.30. The van der Waals surface area contributed by atoms with E-state index in [2.05, 4.69) is 283 Å². The highest BCUT2D eigenvalue weighted by molar-refractivity contribution is 5.90. The standard InChI is InChI=1S/C66H52N2/c1-7-19-53(20-8-1)63-45-43-61(47-65(63)55-23-11-3-12-24-55)67(57-27-15-5-16-28-57)59-39-35-51(36-40-59)49-31-33-50(34-32-49)52-37-41-60(42-38-52)68(58-29-17-6-18-30-58)62-44-46-64(54-21-9-2-10-22-54)66(48-62)56-25-13-4-14-26-56/h1-9,11-21,23-41,43-48,60H,10,22,42H2. The van der Waals surface area contributed by atoms with Gasteiger partial charge in [0.2, 0.25) is 0 Å². The minimum absolute atomic E-state index is 0.160. The van der Waals surface area contributed by atoms with Gasteiger partial charge in [-0.1, -0.05) is 212 Å². The summed E-state index contributed by atoms with van der Waals surface area (Å²) in [6.45, 7) is 0. The summed E-state index contributed by atoms with van der Waals surface area (Å²) in [5.74, 6) is 0. The lowest BCUT2D eigenvalue weighted by molar-refractivity contribution is 0.787. The lowest BCUT2D eigenvalue weighted by Gasteiger charge is -2.34. The molecule has 0 N–H and O–H groups in total. The van der Waals surface area contributed by atoms with E-state index in [-0.39, 0.29) is 6.04 Å². The van der Waals surface area contributed by atoms with E-state index in [9.17, 15) is 0 Å². The molecule has 11 rings (SSSR count). The van der Waals surface area contributed by atoms with E-state index in [1.807, 2.05) is 0 Å². The van der Waals surface area contributed by atoms with E-state index in [1.54, 1.807) is 0 Å². The van der Waals surface area contributed by atoms with Crippen molar-refractivity contribution >= 4 is 39.6 Å². The van der Waals surface area contributed by atoms with Gasteiger partial charge < -0.3 is 9.80 Å². The van der Waals surface area contributed by atoms with E-state index in [0.29, 0.717) is 0 Å². The summed E-state index contributed by atoms with van der Waals surface area (Å²) in [4.78, 5) is 4.86. The molecule has 2 aliphatic carbocycles. The van der Waals surface area contributed by atoms with Gasteiger partial charge in [-0.3, -0.25) is 0 Å². The maximum absolute atomic E-state index is 2.50. The summed E-state index contributed by atoms with van der Waals surface area (Å²) in [6.07, 6.45) is 16.9. The molecule has 326 valence electrons. The number of allylic oxidation sites excluding steroid dienone is 6. The van der Waals surface area contributed by atoms with Crippen LogP contribution in [0.4, 0.5) is 28.4 Å².